The van der Waals surface area contributed by atoms with E-state index in [-0.39, 0.29) is 11.6 Å². The highest BCUT2D eigenvalue weighted by Gasteiger charge is 2.22. The third kappa shape index (κ3) is 4.16. The van der Waals surface area contributed by atoms with Crippen LogP contribution in [0, 0.1) is 0 Å². The van der Waals surface area contributed by atoms with Crippen molar-refractivity contribution in [2.24, 2.45) is 0 Å². The third-order valence-electron chi connectivity index (χ3n) is 3.72. The molecule has 0 aliphatic heterocycles. The molecule has 0 radical (unpaired) electrons. The molecule has 0 fully saturated rings. The molecular weight excluding hydrogens is 338 g/mol. The number of halogens is 1. The van der Waals surface area contributed by atoms with Crippen LogP contribution in [0.2, 0.25) is 5.02 Å². The minimum absolute atomic E-state index is 0.190. The van der Waals surface area contributed by atoms with Crippen molar-refractivity contribution in [3.05, 3.63) is 70.9 Å². The minimum Gasteiger partial charge on any atom is -0.337 e. The number of carbonyl (C=O) groups is 1. The molecule has 6 nitrogen and oxygen atoms in total. The SMILES string of the molecule is CCN(Cc1ccccc1)C(=O)c1n[nH]nc1Nc1cccc(Cl)c1. The average Bonchev–Trinajstić information content (AvgIpc) is 3.08. The van der Waals surface area contributed by atoms with Crippen LogP contribution in [0.25, 0.3) is 0 Å². The molecule has 1 amide bonds. The second-order valence-corrected chi connectivity index (χ2v) is 5.90. The molecule has 0 unspecified atom stereocenters. The van der Waals surface area contributed by atoms with Crippen molar-refractivity contribution in [1.82, 2.24) is 20.3 Å². The Labute approximate surface area is 150 Å². The van der Waals surface area contributed by atoms with Crippen LogP contribution in [0.3, 0.4) is 0 Å². The third-order valence-corrected chi connectivity index (χ3v) is 3.96. The monoisotopic (exact) mass is 355 g/mol. The van der Waals surface area contributed by atoms with Gasteiger partial charge >= 0.3 is 0 Å². The largest absolute Gasteiger partial charge is 0.337 e. The first-order valence-corrected chi connectivity index (χ1v) is 8.31. The maximum Gasteiger partial charge on any atom is 0.278 e. The highest BCUT2D eigenvalue weighted by Crippen LogP contribution is 2.21. The second kappa shape index (κ2) is 7.81. The summed E-state index contributed by atoms with van der Waals surface area (Å²) in [6.45, 7) is 3.02. The summed E-state index contributed by atoms with van der Waals surface area (Å²) in [5.41, 5.74) is 2.05. The van der Waals surface area contributed by atoms with E-state index in [2.05, 4.69) is 20.7 Å². The zero-order valence-electron chi connectivity index (χ0n) is 13.7. The Morgan fingerprint density at radius 1 is 1.16 bits per heavy atom. The number of rotatable bonds is 6. The van der Waals surface area contributed by atoms with Gasteiger partial charge in [-0.05, 0) is 30.7 Å². The van der Waals surface area contributed by atoms with E-state index in [4.69, 9.17) is 11.6 Å². The maximum absolute atomic E-state index is 12.9. The van der Waals surface area contributed by atoms with Gasteiger partial charge in [0.1, 0.15) is 0 Å². The van der Waals surface area contributed by atoms with Crippen LogP contribution in [0.15, 0.2) is 54.6 Å². The normalized spacial score (nSPS) is 10.5. The molecule has 0 aliphatic carbocycles. The molecule has 1 aromatic heterocycles. The number of hydrogen-bond acceptors (Lipinski definition) is 4. The van der Waals surface area contributed by atoms with E-state index in [1.807, 2.05) is 49.4 Å². The fourth-order valence-corrected chi connectivity index (χ4v) is 2.64. The lowest BCUT2D eigenvalue weighted by Crippen LogP contribution is -2.31. The molecule has 0 saturated heterocycles. The molecule has 0 atom stereocenters. The lowest BCUT2D eigenvalue weighted by atomic mass is 10.2. The van der Waals surface area contributed by atoms with E-state index in [0.717, 1.165) is 11.3 Å². The van der Waals surface area contributed by atoms with Crippen molar-refractivity contribution in [3.8, 4) is 0 Å². The summed E-state index contributed by atoms with van der Waals surface area (Å²) in [5.74, 6) is 0.184. The maximum atomic E-state index is 12.9. The van der Waals surface area contributed by atoms with Crippen LogP contribution < -0.4 is 5.32 Å². The Kier molecular flexibility index (Phi) is 5.30. The average molecular weight is 356 g/mol. The van der Waals surface area contributed by atoms with Gasteiger partial charge in [0.05, 0.1) is 0 Å². The molecule has 1 heterocycles. The summed E-state index contributed by atoms with van der Waals surface area (Å²) >= 11 is 5.99. The molecule has 3 rings (SSSR count). The molecule has 0 spiro atoms. The number of carbonyl (C=O) groups excluding carboxylic acids is 1. The van der Waals surface area contributed by atoms with Crippen molar-refractivity contribution in [2.75, 3.05) is 11.9 Å². The van der Waals surface area contributed by atoms with Gasteiger partial charge in [-0.25, -0.2) is 0 Å². The smallest absolute Gasteiger partial charge is 0.278 e. The first kappa shape index (κ1) is 17.0. The highest BCUT2D eigenvalue weighted by atomic mass is 35.5. The molecule has 7 heteroatoms. The number of anilines is 2. The van der Waals surface area contributed by atoms with Crippen molar-refractivity contribution < 1.29 is 4.79 Å². The fourth-order valence-electron chi connectivity index (χ4n) is 2.45. The van der Waals surface area contributed by atoms with Gasteiger partial charge in [-0.1, -0.05) is 48.0 Å². The summed E-state index contributed by atoms with van der Waals surface area (Å²) in [6, 6.07) is 17.0. The van der Waals surface area contributed by atoms with Crippen molar-refractivity contribution in [3.63, 3.8) is 0 Å². The summed E-state index contributed by atoms with van der Waals surface area (Å²) < 4.78 is 0. The van der Waals surface area contributed by atoms with E-state index in [9.17, 15) is 4.79 Å². The number of H-pyrrole nitrogens is 1. The predicted molar refractivity (Wildman–Crippen MR) is 98.0 cm³/mol. The standard InChI is InChI=1S/C18H18ClN5O/c1-2-24(12-13-7-4-3-5-8-13)18(25)16-17(22-23-21-16)20-15-10-6-9-14(19)11-15/h3-11H,2,12H2,1H3,(H2,20,21,22,23). The van der Waals surface area contributed by atoms with Gasteiger partial charge in [-0.15, -0.1) is 10.2 Å². The Morgan fingerprint density at radius 3 is 2.68 bits per heavy atom. The molecule has 0 aliphatic rings. The van der Waals surface area contributed by atoms with E-state index in [1.165, 1.54) is 0 Å². The number of nitrogens with one attached hydrogen (secondary N) is 2. The summed E-state index contributed by atoms with van der Waals surface area (Å²) in [4.78, 5) is 14.6. The number of aromatic nitrogens is 3. The van der Waals surface area contributed by atoms with Gasteiger partial charge in [0.25, 0.3) is 5.91 Å². The lowest BCUT2D eigenvalue weighted by Gasteiger charge is -2.20. The van der Waals surface area contributed by atoms with Crippen molar-refractivity contribution >= 4 is 29.0 Å². The fraction of sp³-hybridized carbons (Fsp3) is 0.167. The van der Waals surface area contributed by atoms with E-state index >= 15 is 0 Å². The molecule has 2 aromatic carbocycles. The topological polar surface area (TPSA) is 73.9 Å². The van der Waals surface area contributed by atoms with Gasteiger partial charge in [-0.3, -0.25) is 4.79 Å². The zero-order valence-corrected chi connectivity index (χ0v) is 14.5. The minimum atomic E-state index is -0.190. The number of nitrogens with zero attached hydrogens (tertiary/aromatic N) is 3. The summed E-state index contributed by atoms with van der Waals surface area (Å²) in [7, 11) is 0. The molecular formula is C18H18ClN5O. The van der Waals surface area contributed by atoms with Crippen LogP contribution in [0.1, 0.15) is 23.0 Å². The molecule has 3 aromatic rings. The number of benzene rings is 2. The highest BCUT2D eigenvalue weighted by molar-refractivity contribution is 6.30. The van der Waals surface area contributed by atoms with Gasteiger partial charge in [-0.2, -0.15) is 5.21 Å². The summed E-state index contributed by atoms with van der Waals surface area (Å²) in [6.07, 6.45) is 0. The number of aromatic amines is 1. The van der Waals surface area contributed by atoms with Gasteiger partial charge < -0.3 is 10.2 Å². The van der Waals surface area contributed by atoms with Crippen LogP contribution in [0.4, 0.5) is 11.5 Å². The second-order valence-electron chi connectivity index (χ2n) is 5.46. The van der Waals surface area contributed by atoms with Crippen LogP contribution >= 0.6 is 11.6 Å². The van der Waals surface area contributed by atoms with E-state index in [1.54, 1.807) is 17.0 Å². The molecule has 2 N–H and O–H groups in total. The van der Waals surface area contributed by atoms with Crippen LogP contribution in [-0.4, -0.2) is 32.8 Å². The zero-order chi connectivity index (χ0) is 17.6. The first-order chi connectivity index (χ1) is 12.2. The van der Waals surface area contributed by atoms with Gasteiger partial charge in [0.2, 0.25) is 0 Å². The van der Waals surface area contributed by atoms with E-state index < -0.39 is 0 Å². The molecule has 0 bridgehead atoms. The molecule has 0 saturated carbocycles. The van der Waals surface area contributed by atoms with Gasteiger partial charge in [0, 0.05) is 23.8 Å². The Balaban J connectivity index is 1.79. The van der Waals surface area contributed by atoms with Crippen molar-refractivity contribution in [1.29, 1.82) is 0 Å². The van der Waals surface area contributed by atoms with Gasteiger partial charge in [0.15, 0.2) is 11.5 Å². The van der Waals surface area contributed by atoms with Crippen molar-refractivity contribution in [2.45, 2.75) is 13.5 Å². The Bertz CT molecular complexity index is 849. The quantitative estimate of drug-likeness (QED) is 0.704. The Morgan fingerprint density at radius 2 is 1.96 bits per heavy atom. The van der Waals surface area contributed by atoms with Crippen LogP contribution in [-0.2, 0) is 6.54 Å². The molecule has 128 valence electrons. The first-order valence-electron chi connectivity index (χ1n) is 7.94. The predicted octanol–water partition coefficient (Wildman–Crippen LogP) is 3.86. The Hall–Kier alpha value is -2.86. The van der Waals surface area contributed by atoms with Crippen LogP contribution in [0.5, 0.6) is 0 Å². The number of hydrogen-bond donors (Lipinski definition) is 2. The lowest BCUT2D eigenvalue weighted by molar-refractivity contribution is 0.0747. The summed E-state index contributed by atoms with van der Waals surface area (Å²) in [5, 5.41) is 14.3. The van der Waals surface area contributed by atoms with E-state index in [0.29, 0.717) is 23.9 Å². The number of amides is 1. The molecule has 25 heavy (non-hydrogen) atoms.